The summed E-state index contributed by atoms with van der Waals surface area (Å²) < 4.78 is 5.12. The van der Waals surface area contributed by atoms with E-state index in [4.69, 9.17) is 16.3 Å². The summed E-state index contributed by atoms with van der Waals surface area (Å²) >= 11 is 5.85. The van der Waals surface area contributed by atoms with Crippen LogP contribution >= 0.6 is 11.6 Å². The summed E-state index contributed by atoms with van der Waals surface area (Å²) in [6, 6.07) is 5.04. The lowest BCUT2D eigenvalue weighted by Gasteiger charge is -2.08. The third-order valence-electron chi connectivity index (χ3n) is 1.97. The lowest BCUT2D eigenvalue weighted by atomic mass is 10.3. The monoisotopic (exact) mass is 251 g/mol. The van der Waals surface area contributed by atoms with Crippen LogP contribution in [0.1, 0.15) is 6.92 Å². The van der Waals surface area contributed by atoms with Crippen LogP contribution in [-0.2, 0) is 4.79 Å². The summed E-state index contributed by atoms with van der Waals surface area (Å²) in [5, 5.41) is 3.23. The highest BCUT2D eigenvalue weighted by molar-refractivity contribution is 6.31. The van der Waals surface area contributed by atoms with Crippen LogP contribution in [-0.4, -0.2) is 13.0 Å². The summed E-state index contributed by atoms with van der Waals surface area (Å²) in [6.07, 6.45) is 6.70. The second-order valence-corrected chi connectivity index (χ2v) is 3.66. The van der Waals surface area contributed by atoms with Gasteiger partial charge in [0.15, 0.2) is 0 Å². The van der Waals surface area contributed by atoms with Crippen molar-refractivity contribution in [3.05, 3.63) is 47.5 Å². The maximum atomic E-state index is 11.5. The first-order chi connectivity index (χ1) is 8.17. The van der Waals surface area contributed by atoms with Gasteiger partial charge >= 0.3 is 0 Å². The fourth-order valence-corrected chi connectivity index (χ4v) is 1.38. The van der Waals surface area contributed by atoms with Crippen molar-refractivity contribution >= 4 is 23.2 Å². The zero-order valence-corrected chi connectivity index (χ0v) is 10.5. The molecular weight excluding hydrogens is 238 g/mol. The fourth-order valence-electron chi connectivity index (χ4n) is 1.21. The summed E-state index contributed by atoms with van der Waals surface area (Å²) in [6.45, 7) is 1.88. The number of methoxy groups -OCH3 is 1. The predicted molar refractivity (Wildman–Crippen MR) is 70.6 cm³/mol. The van der Waals surface area contributed by atoms with Crippen LogP contribution in [0.5, 0.6) is 5.75 Å². The third kappa shape index (κ3) is 4.33. The maximum absolute atomic E-state index is 11.5. The molecule has 0 saturated heterocycles. The molecule has 0 aliphatic rings. The SMILES string of the molecule is C/C=C/C=C\C(=O)Nc1cc(Cl)ccc1OC. The van der Waals surface area contributed by atoms with Gasteiger partial charge in [-0.15, -0.1) is 0 Å². The van der Waals surface area contributed by atoms with E-state index in [-0.39, 0.29) is 5.91 Å². The Kier molecular flexibility index (Phi) is 5.30. The molecule has 1 aromatic rings. The number of amides is 1. The Morgan fingerprint density at radius 3 is 2.82 bits per heavy atom. The Labute approximate surface area is 106 Å². The predicted octanol–water partition coefficient (Wildman–Crippen LogP) is 3.42. The van der Waals surface area contributed by atoms with Crippen LogP contribution in [0.25, 0.3) is 0 Å². The van der Waals surface area contributed by atoms with Crippen molar-refractivity contribution in [2.45, 2.75) is 6.92 Å². The molecule has 0 heterocycles. The van der Waals surface area contributed by atoms with Gasteiger partial charge in [0.25, 0.3) is 0 Å². The largest absolute Gasteiger partial charge is 0.495 e. The number of allylic oxidation sites excluding steroid dienone is 3. The second-order valence-electron chi connectivity index (χ2n) is 3.22. The highest BCUT2D eigenvalue weighted by Crippen LogP contribution is 2.27. The Balaban J connectivity index is 2.80. The van der Waals surface area contributed by atoms with E-state index in [1.807, 2.05) is 13.0 Å². The standard InChI is InChI=1S/C13H14ClNO2/c1-3-4-5-6-13(16)15-11-9-10(14)7-8-12(11)17-2/h3-9H,1-2H3,(H,15,16)/b4-3+,6-5-. The average molecular weight is 252 g/mol. The minimum absolute atomic E-state index is 0.233. The molecule has 0 aliphatic carbocycles. The average Bonchev–Trinajstić information content (AvgIpc) is 2.29. The molecule has 1 aromatic carbocycles. The number of nitrogens with one attached hydrogen (secondary N) is 1. The highest BCUT2D eigenvalue weighted by atomic mass is 35.5. The molecule has 17 heavy (non-hydrogen) atoms. The zero-order valence-electron chi connectivity index (χ0n) is 9.74. The first-order valence-electron chi connectivity index (χ1n) is 5.11. The normalized spacial score (nSPS) is 11.0. The van der Waals surface area contributed by atoms with Crippen LogP contribution in [0.3, 0.4) is 0 Å². The Morgan fingerprint density at radius 2 is 2.18 bits per heavy atom. The molecule has 0 atom stereocenters. The number of hydrogen-bond donors (Lipinski definition) is 1. The second kappa shape index (κ2) is 6.76. The molecule has 0 aliphatic heterocycles. The number of carbonyl (C=O) groups is 1. The smallest absolute Gasteiger partial charge is 0.248 e. The zero-order chi connectivity index (χ0) is 12.7. The molecule has 0 saturated carbocycles. The Hall–Kier alpha value is -1.74. The van der Waals surface area contributed by atoms with Crippen LogP contribution in [0, 0.1) is 0 Å². The number of carbonyl (C=O) groups excluding carboxylic acids is 1. The molecule has 0 unspecified atom stereocenters. The molecule has 0 radical (unpaired) electrons. The van der Waals surface area contributed by atoms with Gasteiger partial charge in [0.05, 0.1) is 12.8 Å². The molecule has 1 N–H and O–H groups in total. The van der Waals surface area contributed by atoms with E-state index in [1.54, 1.807) is 30.4 Å². The number of benzene rings is 1. The maximum Gasteiger partial charge on any atom is 0.248 e. The van der Waals surface area contributed by atoms with Gasteiger partial charge in [-0.05, 0) is 25.1 Å². The number of rotatable bonds is 4. The van der Waals surface area contributed by atoms with E-state index in [9.17, 15) is 4.79 Å². The van der Waals surface area contributed by atoms with Crippen LogP contribution in [0.15, 0.2) is 42.5 Å². The highest BCUT2D eigenvalue weighted by Gasteiger charge is 2.05. The molecule has 0 bridgehead atoms. The minimum Gasteiger partial charge on any atom is -0.495 e. The first-order valence-corrected chi connectivity index (χ1v) is 5.49. The van der Waals surface area contributed by atoms with Crippen molar-refractivity contribution in [3.8, 4) is 5.75 Å². The summed E-state index contributed by atoms with van der Waals surface area (Å²) in [4.78, 5) is 11.5. The van der Waals surface area contributed by atoms with Crippen LogP contribution in [0.2, 0.25) is 5.02 Å². The molecule has 0 aromatic heterocycles. The van der Waals surface area contributed by atoms with Gasteiger partial charge in [0, 0.05) is 11.1 Å². The third-order valence-corrected chi connectivity index (χ3v) is 2.21. The van der Waals surface area contributed by atoms with E-state index < -0.39 is 0 Å². The van der Waals surface area contributed by atoms with Gasteiger partial charge in [-0.3, -0.25) is 4.79 Å². The van der Waals surface area contributed by atoms with Crippen molar-refractivity contribution in [3.63, 3.8) is 0 Å². The Bertz CT molecular complexity index is 453. The molecule has 0 fully saturated rings. The lowest BCUT2D eigenvalue weighted by molar-refractivity contribution is -0.111. The van der Waals surface area contributed by atoms with Gasteiger partial charge in [0.1, 0.15) is 5.75 Å². The molecule has 3 nitrogen and oxygen atoms in total. The van der Waals surface area contributed by atoms with Crippen molar-refractivity contribution in [1.82, 2.24) is 0 Å². The first kappa shape index (κ1) is 13.3. The molecular formula is C13H14ClNO2. The van der Waals surface area contributed by atoms with Crippen LogP contribution < -0.4 is 10.1 Å². The quantitative estimate of drug-likeness (QED) is 0.658. The number of ether oxygens (including phenoxy) is 1. The van der Waals surface area contributed by atoms with E-state index in [1.165, 1.54) is 13.2 Å². The van der Waals surface area contributed by atoms with Gasteiger partial charge < -0.3 is 10.1 Å². The summed E-state index contributed by atoms with van der Waals surface area (Å²) in [5.41, 5.74) is 0.551. The van der Waals surface area contributed by atoms with Gasteiger partial charge in [-0.2, -0.15) is 0 Å². The fraction of sp³-hybridized carbons (Fsp3) is 0.154. The van der Waals surface area contributed by atoms with Crippen molar-refractivity contribution in [2.24, 2.45) is 0 Å². The van der Waals surface area contributed by atoms with Crippen molar-refractivity contribution < 1.29 is 9.53 Å². The van der Waals surface area contributed by atoms with Crippen molar-refractivity contribution in [2.75, 3.05) is 12.4 Å². The van der Waals surface area contributed by atoms with E-state index in [0.717, 1.165) is 0 Å². The van der Waals surface area contributed by atoms with Crippen LogP contribution in [0.4, 0.5) is 5.69 Å². The molecule has 90 valence electrons. The number of anilines is 1. The van der Waals surface area contributed by atoms with Crippen molar-refractivity contribution in [1.29, 1.82) is 0 Å². The number of hydrogen-bond acceptors (Lipinski definition) is 2. The van der Waals surface area contributed by atoms with Gasteiger partial charge in [-0.25, -0.2) is 0 Å². The van der Waals surface area contributed by atoms with Gasteiger partial charge in [-0.1, -0.05) is 29.8 Å². The van der Waals surface area contributed by atoms with E-state index >= 15 is 0 Å². The van der Waals surface area contributed by atoms with E-state index in [2.05, 4.69) is 5.32 Å². The summed E-state index contributed by atoms with van der Waals surface area (Å²) in [5.74, 6) is 0.339. The van der Waals surface area contributed by atoms with E-state index in [0.29, 0.717) is 16.5 Å². The molecule has 4 heteroatoms. The number of halogens is 1. The molecule has 1 rings (SSSR count). The molecule has 0 spiro atoms. The molecule has 1 amide bonds. The van der Waals surface area contributed by atoms with Gasteiger partial charge in [0.2, 0.25) is 5.91 Å². The summed E-state index contributed by atoms with van der Waals surface area (Å²) in [7, 11) is 1.54. The topological polar surface area (TPSA) is 38.3 Å². The Morgan fingerprint density at radius 1 is 1.41 bits per heavy atom. The lowest BCUT2D eigenvalue weighted by Crippen LogP contribution is -2.08. The minimum atomic E-state index is -0.233.